The molecule has 5 nitrogen and oxygen atoms in total. The van der Waals surface area contributed by atoms with Gasteiger partial charge in [-0.05, 0) is 78.7 Å². The monoisotopic (exact) mass is 483 g/mol. The molecule has 174 valence electrons. The van der Waals surface area contributed by atoms with E-state index in [1.165, 1.54) is 11.0 Å². The summed E-state index contributed by atoms with van der Waals surface area (Å²) >= 11 is 1.57. The lowest BCUT2D eigenvalue weighted by molar-refractivity contribution is 0.0984. The number of rotatable bonds is 6. The highest BCUT2D eigenvalue weighted by Crippen LogP contribution is 2.33. The molecule has 3 aromatic carbocycles. The van der Waals surface area contributed by atoms with Crippen molar-refractivity contribution in [2.24, 2.45) is 0 Å². The fraction of sp³-hybridized carbons (Fsp3) is 0.107. The first-order valence-corrected chi connectivity index (χ1v) is 11.9. The second-order valence-electron chi connectivity index (χ2n) is 8.05. The molecule has 2 aromatic heterocycles. The average Bonchev–Trinajstić information content (AvgIpc) is 3.36. The van der Waals surface area contributed by atoms with E-state index in [0.717, 1.165) is 26.6 Å². The smallest absolute Gasteiger partial charge is 0.258 e. The standard InChI is InChI=1S/C28H22FN3O2S/c1-18-15-19(8-11-26(18)34-2)27-12-9-21(35-27)17-32(25-6-4-3-5-22(25)29)28(33)20-7-10-23-24(16-20)31-14-13-30-23/h3-16H,17H2,1-2H3. The van der Waals surface area contributed by atoms with Crippen molar-refractivity contribution in [2.75, 3.05) is 12.0 Å². The molecule has 0 bridgehead atoms. The van der Waals surface area contributed by atoms with Crippen molar-refractivity contribution >= 4 is 34.0 Å². The molecule has 0 unspecified atom stereocenters. The number of hydrogen-bond donors (Lipinski definition) is 0. The number of nitrogens with zero attached hydrogens (tertiary/aromatic N) is 3. The topological polar surface area (TPSA) is 55.3 Å². The summed E-state index contributed by atoms with van der Waals surface area (Å²) in [4.78, 5) is 25.7. The van der Waals surface area contributed by atoms with Crippen LogP contribution in [-0.2, 0) is 6.54 Å². The number of amides is 1. The number of para-hydroxylation sites is 1. The van der Waals surface area contributed by atoms with Gasteiger partial charge in [-0.1, -0.05) is 12.1 Å². The number of methoxy groups -OCH3 is 1. The van der Waals surface area contributed by atoms with Gasteiger partial charge in [-0.3, -0.25) is 14.8 Å². The fourth-order valence-electron chi connectivity index (χ4n) is 3.99. The van der Waals surface area contributed by atoms with Crippen molar-refractivity contribution in [1.82, 2.24) is 9.97 Å². The van der Waals surface area contributed by atoms with E-state index in [1.807, 2.05) is 31.2 Å². The Kier molecular flexibility index (Phi) is 6.25. The molecule has 0 aliphatic heterocycles. The molecule has 35 heavy (non-hydrogen) atoms. The number of benzene rings is 3. The highest BCUT2D eigenvalue weighted by molar-refractivity contribution is 7.15. The van der Waals surface area contributed by atoms with E-state index in [0.29, 0.717) is 16.6 Å². The Hall–Kier alpha value is -4.10. The summed E-state index contributed by atoms with van der Waals surface area (Å²) in [6.45, 7) is 2.24. The minimum Gasteiger partial charge on any atom is -0.496 e. The molecule has 2 heterocycles. The van der Waals surface area contributed by atoms with Crippen molar-refractivity contribution in [3.8, 4) is 16.2 Å². The van der Waals surface area contributed by atoms with Gasteiger partial charge in [0.05, 0.1) is 30.4 Å². The van der Waals surface area contributed by atoms with Crippen LogP contribution < -0.4 is 9.64 Å². The molecule has 1 amide bonds. The highest BCUT2D eigenvalue weighted by Gasteiger charge is 2.22. The summed E-state index contributed by atoms with van der Waals surface area (Å²) in [6, 6.07) is 21.5. The highest BCUT2D eigenvalue weighted by atomic mass is 32.1. The van der Waals surface area contributed by atoms with Gasteiger partial charge in [-0.25, -0.2) is 4.39 Å². The van der Waals surface area contributed by atoms with Crippen LogP contribution in [0.5, 0.6) is 5.75 Å². The van der Waals surface area contributed by atoms with E-state index < -0.39 is 5.82 Å². The van der Waals surface area contributed by atoms with Gasteiger partial charge in [-0.2, -0.15) is 0 Å². The maximum atomic E-state index is 14.8. The lowest BCUT2D eigenvalue weighted by atomic mass is 10.1. The molecule has 0 saturated heterocycles. The predicted molar refractivity (Wildman–Crippen MR) is 137 cm³/mol. The van der Waals surface area contributed by atoms with Gasteiger partial charge >= 0.3 is 0 Å². The van der Waals surface area contributed by atoms with Gasteiger partial charge in [0.15, 0.2) is 0 Å². The van der Waals surface area contributed by atoms with Crippen molar-refractivity contribution in [3.63, 3.8) is 0 Å². The number of aromatic nitrogens is 2. The van der Waals surface area contributed by atoms with E-state index in [1.54, 1.807) is 67.2 Å². The second-order valence-corrected chi connectivity index (χ2v) is 9.22. The van der Waals surface area contributed by atoms with Crippen LogP contribution in [0.15, 0.2) is 85.2 Å². The summed E-state index contributed by atoms with van der Waals surface area (Å²) in [5, 5.41) is 0. The molecule has 0 atom stereocenters. The molecule has 0 aliphatic carbocycles. The molecular weight excluding hydrogens is 461 g/mol. The van der Waals surface area contributed by atoms with Crippen LogP contribution in [0.2, 0.25) is 0 Å². The van der Waals surface area contributed by atoms with Crippen molar-refractivity contribution in [3.05, 3.63) is 107 Å². The molecule has 0 N–H and O–H groups in total. The molecule has 0 spiro atoms. The third kappa shape index (κ3) is 4.63. The summed E-state index contributed by atoms with van der Waals surface area (Å²) < 4.78 is 20.2. The summed E-state index contributed by atoms with van der Waals surface area (Å²) in [5.74, 6) is 0.0730. The minimum atomic E-state index is -0.455. The van der Waals surface area contributed by atoms with Crippen molar-refractivity contribution in [2.45, 2.75) is 13.5 Å². The largest absolute Gasteiger partial charge is 0.496 e. The average molecular weight is 484 g/mol. The second kappa shape index (κ2) is 9.64. The normalized spacial score (nSPS) is 10.9. The number of aryl methyl sites for hydroxylation is 1. The van der Waals surface area contributed by atoms with Crippen LogP contribution in [0.3, 0.4) is 0 Å². The molecule has 5 rings (SSSR count). The van der Waals surface area contributed by atoms with Gasteiger partial charge in [0.2, 0.25) is 0 Å². The SMILES string of the molecule is COc1ccc(-c2ccc(CN(C(=O)c3ccc4nccnc4c3)c3ccccc3F)s2)cc1C. The Labute approximate surface area is 206 Å². The number of fused-ring (bicyclic) bond motifs is 1. The number of carbonyl (C=O) groups is 1. The molecule has 0 aliphatic rings. The molecular formula is C28H22FN3O2S. The van der Waals surface area contributed by atoms with Gasteiger partial charge in [-0.15, -0.1) is 11.3 Å². The van der Waals surface area contributed by atoms with Gasteiger partial charge < -0.3 is 9.64 Å². The van der Waals surface area contributed by atoms with Crippen LogP contribution in [0.1, 0.15) is 20.8 Å². The number of ether oxygens (including phenoxy) is 1. The first-order valence-electron chi connectivity index (χ1n) is 11.0. The van der Waals surface area contributed by atoms with Crippen molar-refractivity contribution < 1.29 is 13.9 Å². The van der Waals surface area contributed by atoms with E-state index in [2.05, 4.69) is 16.0 Å². The molecule has 0 radical (unpaired) electrons. The third-order valence-electron chi connectivity index (χ3n) is 5.76. The zero-order valence-corrected chi connectivity index (χ0v) is 20.1. The predicted octanol–water partition coefficient (Wildman–Crippen LogP) is 6.66. The van der Waals surface area contributed by atoms with Crippen LogP contribution in [0.25, 0.3) is 21.5 Å². The maximum Gasteiger partial charge on any atom is 0.258 e. The summed E-state index contributed by atoms with van der Waals surface area (Å²) in [7, 11) is 1.65. The van der Waals surface area contributed by atoms with Crippen LogP contribution in [0, 0.1) is 12.7 Å². The molecule has 7 heteroatoms. The lowest BCUT2D eigenvalue weighted by Gasteiger charge is -2.23. The quantitative estimate of drug-likeness (QED) is 0.271. The van der Waals surface area contributed by atoms with Gasteiger partial charge in [0.25, 0.3) is 5.91 Å². The third-order valence-corrected chi connectivity index (χ3v) is 6.88. The first kappa shape index (κ1) is 22.7. The zero-order valence-electron chi connectivity index (χ0n) is 19.2. The summed E-state index contributed by atoms with van der Waals surface area (Å²) in [6.07, 6.45) is 3.19. The number of halogens is 1. The lowest BCUT2D eigenvalue weighted by Crippen LogP contribution is -2.30. The van der Waals surface area contributed by atoms with E-state index in [4.69, 9.17) is 4.74 Å². The fourth-order valence-corrected chi connectivity index (χ4v) is 4.99. The summed E-state index contributed by atoms with van der Waals surface area (Å²) in [5.41, 5.74) is 4.06. The zero-order chi connectivity index (χ0) is 24.4. The molecule has 0 fully saturated rings. The molecule has 5 aromatic rings. The van der Waals surface area contributed by atoms with E-state index in [9.17, 15) is 9.18 Å². The van der Waals surface area contributed by atoms with Crippen LogP contribution in [-0.4, -0.2) is 23.0 Å². The van der Waals surface area contributed by atoms with E-state index >= 15 is 0 Å². The number of hydrogen-bond acceptors (Lipinski definition) is 5. The first-order chi connectivity index (χ1) is 17.0. The Bertz CT molecular complexity index is 1530. The number of anilines is 1. The van der Waals surface area contributed by atoms with Crippen molar-refractivity contribution in [1.29, 1.82) is 0 Å². The van der Waals surface area contributed by atoms with Crippen LogP contribution in [0.4, 0.5) is 10.1 Å². The minimum absolute atomic E-state index is 0.229. The maximum absolute atomic E-state index is 14.8. The van der Waals surface area contributed by atoms with Crippen LogP contribution >= 0.6 is 11.3 Å². The Morgan fingerprint density at radius 2 is 1.77 bits per heavy atom. The van der Waals surface area contributed by atoms with Gasteiger partial charge in [0.1, 0.15) is 11.6 Å². The number of carbonyl (C=O) groups excluding carboxylic acids is 1. The number of thiophene rings is 1. The Morgan fingerprint density at radius 3 is 2.54 bits per heavy atom. The van der Waals surface area contributed by atoms with Gasteiger partial charge in [0, 0.05) is 27.7 Å². The molecule has 0 saturated carbocycles. The Balaban J connectivity index is 1.49. The Morgan fingerprint density at radius 1 is 0.971 bits per heavy atom. The van der Waals surface area contributed by atoms with E-state index in [-0.39, 0.29) is 18.1 Å².